The standard InChI is InChI=1S/C16H21NO3/c1-2-19-14-8-5-13(6-9-14)7-10-16(18)17-12-15-4-3-11-20-15/h5-10,15H,2-4,11-12H2,1H3,(H,17,18). The lowest BCUT2D eigenvalue weighted by molar-refractivity contribution is -0.116. The molecule has 0 aliphatic carbocycles. The highest BCUT2D eigenvalue weighted by Crippen LogP contribution is 2.13. The maximum Gasteiger partial charge on any atom is 0.244 e. The molecule has 0 radical (unpaired) electrons. The van der Waals surface area contributed by atoms with Crippen LogP contribution in [0, 0.1) is 0 Å². The third-order valence-corrected chi connectivity index (χ3v) is 3.15. The number of rotatable bonds is 6. The maximum atomic E-state index is 11.7. The molecule has 1 aliphatic heterocycles. The van der Waals surface area contributed by atoms with Crippen molar-refractivity contribution >= 4 is 12.0 Å². The molecule has 1 aromatic carbocycles. The first-order valence-electron chi connectivity index (χ1n) is 7.08. The molecule has 1 fully saturated rings. The fourth-order valence-corrected chi connectivity index (χ4v) is 2.09. The van der Waals surface area contributed by atoms with Crippen LogP contribution < -0.4 is 10.1 Å². The molecule has 20 heavy (non-hydrogen) atoms. The van der Waals surface area contributed by atoms with Gasteiger partial charge in [0.1, 0.15) is 5.75 Å². The van der Waals surface area contributed by atoms with Gasteiger partial charge in [0.2, 0.25) is 5.91 Å². The number of carbonyl (C=O) groups is 1. The predicted molar refractivity (Wildman–Crippen MR) is 78.6 cm³/mol. The number of ether oxygens (including phenoxy) is 2. The smallest absolute Gasteiger partial charge is 0.244 e. The zero-order valence-electron chi connectivity index (χ0n) is 11.8. The van der Waals surface area contributed by atoms with Gasteiger partial charge in [0.15, 0.2) is 0 Å². The van der Waals surface area contributed by atoms with Crippen LogP contribution in [0.4, 0.5) is 0 Å². The zero-order valence-corrected chi connectivity index (χ0v) is 11.8. The van der Waals surface area contributed by atoms with E-state index in [1.807, 2.05) is 31.2 Å². The van der Waals surface area contributed by atoms with Crippen LogP contribution in [-0.4, -0.2) is 31.8 Å². The molecule has 4 nitrogen and oxygen atoms in total. The van der Waals surface area contributed by atoms with Crippen LogP contribution >= 0.6 is 0 Å². The number of carbonyl (C=O) groups excluding carboxylic acids is 1. The van der Waals surface area contributed by atoms with Gasteiger partial charge in [-0.3, -0.25) is 4.79 Å². The quantitative estimate of drug-likeness (QED) is 0.811. The Morgan fingerprint density at radius 2 is 2.25 bits per heavy atom. The topological polar surface area (TPSA) is 47.6 Å². The lowest BCUT2D eigenvalue weighted by Crippen LogP contribution is -2.30. The number of benzene rings is 1. The summed E-state index contributed by atoms with van der Waals surface area (Å²) in [7, 11) is 0. The summed E-state index contributed by atoms with van der Waals surface area (Å²) in [5.74, 6) is 0.752. The van der Waals surface area contributed by atoms with Gasteiger partial charge in [0.25, 0.3) is 0 Å². The van der Waals surface area contributed by atoms with Crippen molar-refractivity contribution in [1.29, 1.82) is 0 Å². The van der Waals surface area contributed by atoms with Crippen molar-refractivity contribution in [2.45, 2.75) is 25.9 Å². The highest BCUT2D eigenvalue weighted by Gasteiger charge is 2.15. The second-order valence-electron chi connectivity index (χ2n) is 4.72. The van der Waals surface area contributed by atoms with Gasteiger partial charge in [-0.25, -0.2) is 0 Å². The molecule has 2 rings (SSSR count). The van der Waals surface area contributed by atoms with Crippen molar-refractivity contribution in [3.8, 4) is 5.75 Å². The van der Waals surface area contributed by atoms with E-state index in [2.05, 4.69) is 5.32 Å². The summed E-state index contributed by atoms with van der Waals surface area (Å²) in [4.78, 5) is 11.7. The molecule has 0 aromatic heterocycles. The number of hydrogen-bond acceptors (Lipinski definition) is 3. The Kier molecular flexibility index (Phi) is 5.62. The highest BCUT2D eigenvalue weighted by molar-refractivity contribution is 5.91. The molecule has 1 unspecified atom stereocenters. The SMILES string of the molecule is CCOc1ccc(C=CC(=O)NCC2CCCO2)cc1. The van der Waals surface area contributed by atoms with Crippen LogP contribution in [-0.2, 0) is 9.53 Å². The molecular formula is C16H21NO3. The van der Waals surface area contributed by atoms with E-state index in [9.17, 15) is 4.79 Å². The van der Waals surface area contributed by atoms with Gasteiger partial charge in [-0.1, -0.05) is 12.1 Å². The first-order chi connectivity index (χ1) is 9.78. The lowest BCUT2D eigenvalue weighted by atomic mass is 10.2. The normalized spacial score (nSPS) is 18.4. The van der Waals surface area contributed by atoms with E-state index in [1.165, 1.54) is 0 Å². The predicted octanol–water partition coefficient (Wildman–Crippen LogP) is 2.39. The van der Waals surface area contributed by atoms with Crippen molar-refractivity contribution in [3.05, 3.63) is 35.9 Å². The van der Waals surface area contributed by atoms with Crippen molar-refractivity contribution < 1.29 is 14.3 Å². The van der Waals surface area contributed by atoms with Crippen LogP contribution in [0.1, 0.15) is 25.3 Å². The van der Waals surface area contributed by atoms with Crippen LogP contribution in [0.2, 0.25) is 0 Å². The zero-order chi connectivity index (χ0) is 14.2. The number of hydrogen-bond donors (Lipinski definition) is 1. The monoisotopic (exact) mass is 275 g/mol. The molecule has 4 heteroatoms. The van der Waals surface area contributed by atoms with Crippen LogP contribution in [0.25, 0.3) is 6.08 Å². The molecular weight excluding hydrogens is 254 g/mol. The first kappa shape index (κ1) is 14.6. The molecule has 1 aromatic rings. The molecule has 1 amide bonds. The summed E-state index contributed by atoms with van der Waals surface area (Å²) in [6.07, 6.45) is 5.63. The molecule has 0 spiro atoms. The van der Waals surface area contributed by atoms with E-state index in [0.717, 1.165) is 30.8 Å². The first-order valence-corrected chi connectivity index (χ1v) is 7.08. The van der Waals surface area contributed by atoms with E-state index in [-0.39, 0.29) is 12.0 Å². The average Bonchev–Trinajstić information content (AvgIpc) is 2.98. The lowest BCUT2D eigenvalue weighted by Gasteiger charge is -2.08. The summed E-state index contributed by atoms with van der Waals surface area (Å²) in [6.45, 7) is 4.00. The minimum absolute atomic E-state index is 0.0885. The minimum Gasteiger partial charge on any atom is -0.494 e. The Hall–Kier alpha value is -1.81. The molecule has 1 saturated heterocycles. The van der Waals surface area contributed by atoms with E-state index in [0.29, 0.717) is 13.2 Å². The Labute approximate surface area is 119 Å². The highest BCUT2D eigenvalue weighted by atomic mass is 16.5. The van der Waals surface area contributed by atoms with Gasteiger partial charge in [-0.15, -0.1) is 0 Å². The van der Waals surface area contributed by atoms with Gasteiger partial charge in [0, 0.05) is 19.2 Å². The van der Waals surface area contributed by atoms with Crippen molar-refractivity contribution in [3.63, 3.8) is 0 Å². The molecule has 108 valence electrons. The van der Waals surface area contributed by atoms with Crippen LogP contribution in [0.5, 0.6) is 5.75 Å². The van der Waals surface area contributed by atoms with Gasteiger partial charge >= 0.3 is 0 Å². The Morgan fingerprint density at radius 1 is 1.45 bits per heavy atom. The van der Waals surface area contributed by atoms with Crippen molar-refractivity contribution in [1.82, 2.24) is 5.32 Å². The number of amides is 1. The summed E-state index contributed by atoms with van der Waals surface area (Å²) < 4.78 is 10.8. The Morgan fingerprint density at radius 3 is 2.90 bits per heavy atom. The van der Waals surface area contributed by atoms with E-state index < -0.39 is 0 Å². The van der Waals surface area contributed by atoms with E-state index in [4.69, 9.17) is 9.47 Å². The second kappa shape index (κ2) is 7.70. The molecule has 1 heterocycles. The van der Waals surface area contributed by atoms with Crippen molar-refractivity contribution in [2.75, 3.05) is 19.8 Å². The Balaban J connectivity index is 1.77. The van der Waals surface area contributed by atoms with E-state index >= 15 is 0 Å². The average molecular weight is 275 g/mol. The van der Waals surface area contributed by atoms with Crippen LogP contribution in [0.15, 0.2) is 30.3 Å². The maximum absolute atomic E-state index is 11.7. The third kappa shape index (κ3) is 4.70. The summed E-state index contributed by atoms with van der Waals surface area (Å²) >= 11 is 0. The van der Waals surface area contributed by atoms with Crippen LogP contribution in [0.3, 0.4) is 0 Å². The Bertz CT molecular complexity index is 447. The van der Waals surface area contributed by atoms with Gasteiger partial charge < -0.3 is 14.8 Å². The molecule has 0 saturated carbocycles. The fourth-order valence-electron chi connectivity index (χ4n) is 2.09. The third-order valence-electron chi connectivity index (χ3n) is 3.15. The summed E-state index contributed by atoms with van der Waals surface area (Å²) in [5.41, 5.74) is 0.973. The molecule has 1 aliphatic rings. The van der Waals surface area contributed by atoms with Gasteiger partial charge in [-0.05, 0) is 43.5 Å². The van der Waals surface area contributed by atoms with Crippen molar-refractivity contribution in [2.24, 2.45) is 0 Å². The number of nitrogens with one attached hydrogen (secondary N) is 1. The minimum atomic E-state index is -0.0885. The largest absolute Gasteiger partial charge is 0.494 e. The summed E-state index contributed by atoms with van der Waals surface area (Å²) in [5, 5.41) is 2.85. The molecule has 1 atom stereocenters. The fraction of sp³-hybridized carbons (Fsp3) is 0.438. The van der Waals surface area contributed by atoms with E-state index in [1.54, 1.807) is 12.2 Å². The second-order valence-corrected chi connectivity index (χ2v) is 4.72. The molecule has 1 N–H and O–H groups in total. The van der Waals surface area contributed by atoms with Gasteiger partial charge in [0.05, 0.1) is 12.7 Å². The van der Waals surface area contributed by atoms with Gasteiger partial charge in [-0.2, -0.15) is 0 Å². The molecule has 0 bridgehead atoms. The summed E-state index contributed by atoms with van der Waals surface area (Å²) in [6, 6.07) is 7.64.